The smallest absolute Gasteiger partial charge is 0.342 e. The minimum Gasteiger partial charge on any atom is -0.449 e. The fourth-order valence-electron chi connectivity index (χ4n) is 3.69. The van der Waals surface area contributed by atoms with E-state index in [4.69, 9.17) is 4.74 Å². The summed E-state index contributed by atoms with van der Waals surface area (Å²) in [5.74, 6) is 0.243. The van der Waals surface area contributed by atoms with Gasteiger partial charge in [0.15, 0.2) is 6.10 Å². The maximum atomic E-state index is 12.5. The summed E-state index contributed by atoms with van der Waals surface area (Å²) in [4.78, 5) is 24.8. The highest BCUT2D eigenvalue weighted by atomic mass is 16.5. The first-order valence-corrected chi connectivity index (χ1v) is 10.0. The summed E-state index contributed by atoms with van der Waals surface area (Å²) in [6, 6.07) is 10.0. The third kappa shape index (κ3) is 5.00. The molecule has 6 heteroatoms. The molecule has 0 aliphatic heterocycles. The average Bonchev–Trinajstić information content (AvgIpc) is 3.15. The molecule has 0 radical (unpaired) electrons. The molecule has 1 amide bonds. The third-order valence-electron chi connectivity index (χ3n) is 5.74. The molecule has 1 aliphatic carbocycles. The summed E-state index contributed by atoms with van der Waals surface area (Å²) in [5, 5.41) is 7.27. The van der Waals surface area contributed by atoms with Gasteiger partial charge in [0.1, 0.15) is 0 Å². The maximum absolute atomic E-state index is 12.5. The van der Waals surface area contributed by atoms with Crippen molar-refractivity contribution in [1.82, 2.24) is 15.1 Å². The Morgan fingerprint density at radius 1 is 1.25 bits per heavy atom. The summed E-state index contributed by atoms with van der Waals surface area (Å²) in [6.07, 6.45) is 5.57. The Morgan fingerprint density at radius 2 is 2.00 bits per heavy atom. The molecule has 150 valence electrons. The maximum Gasteiger partial charge on any atom is 0.342 e. The predicted molar refractivity (Wildman–Crippen MR) is 107 cm³/mol. The van der Waals surface area contributed by atoms with E-state index < -0.39 is 12.1 Å². The quantitative estimate of drug-likeness (QED) is 0.776. The first-order valence-electron chi connectivity index (χ1n) is 10.0. The van der Waals surface area contributed by atoms with Crippen molar-refractivity contribution in [2.75, 3.05) is 0 Å². The van der Waals surface area contributed by atoms with Crippen molar-refractivity contribution in [2.45, 2.75) is 58.7 Å². The molecule has 4 unspecified atom stereocenters. The Kier molecular flexibility index (Phi) is 6.49. The zero-order valence-electron chi connectivity index (χ0n) is 16.8. The largest absolute Gasteiger partial charge is 0.449 e. The molecular weight excluding hydrogens is 354 g/mol. The molecule has 0 bridgehead atoms. The van der Waals surface area contributed by atoms with Crippen LogP contribution < -0.4 is 5.32 Å². The van der Waals surface area contributed by atoms with Gasteiger partial charge < -0.3 is 10.1 Å². The van der Waals surface area contributed by atoms with Crippen molar-refractivity contribution in [3.05, 3.63) is 53.9 Å². The van der Waals surface area contributed by atoms with Gasteiger partial charge in [-0.2, -0.15) is 5.10 Å². The number of carbonyl (C=O) groups excluding carboxylic acids is 2. The lowest BCUT2D eigenvalue weighted by Crippen LogP contribution is -2.47. The van der Waals surface area contributed by atoms with Gasteiger partial charge in [0.25, 0.3) is 5.91 Å². The van der Waals surface area contributed by atoms with Crippen LogP contribution in [0.5, 0.6) is 0 Å². The molecule has 1 fully saturated rings. The van der Waals surface area contributed by atoms with Crippen LogP contribution in [-0.2, 0) is 16.1 Å². The summed E-state index contributed by atoms with van der Waals surface area (Å²) in [5.41, 5.74) is 1.43. The van der Waals surface area contributed by atoms with Crippen LogP contribution in [-0.4, -0.2) is 33.8 Å². The third-order valence-corrected chi connectivity index (χ3v) is 5.74. The van der Waals surface area contributed by atoms with Gasteiger partial charge in [0, 0.05) is 12.2 Å². The molecule has 6 nitrogen and oxygen atoms in total. The lowest BCUT2D eigenvalue weighted by Gasteiger charge is -2.35. The van der Waals surface area contributed by atoms with Gasteiger partial charge in [-0.1, -0.05) is 57.0 Å². The number of rotatable bonds is 6. The molecule has 1 saturated carbocycles. The number of nitrogens with one attached hydrogen (secondary N) is 1. The summed E-state index contributed by atoms with van der Waals surface area (Å²) in [6.45, 7) is 6.58. The van der Waals surface area contributed by atoms with Crippen LogP contribution >= 0.6 is 0 Å². The number of hydrogen-bond donors (Lipinski definition) is 1. The van der Waals surface area contributed by atoms with Gasteiger partial charge in [0.2, 0.25) is 0 Å². The van der Waals surface area contributed by atoms with Gasteiger partial charge in [-0.05, 0) is 30.7 Å². The molecule has 2 aromatic rings. The standard InChI is InChI=1S/C22H29N3O3/c1-15-8-7-11-20(16(15)2)24-21(26)17(3)28-22(27)19-12-23-25(14-19)13-18-9-5-4-6-10-18/h4-6,9-10,12,14-17,20H,7-8,11,13H2,1-3H3,(H,24,26). The molecule has 1 N–H and O–H groups in total. The highest BCUT2D eigenvalue weighted by Crippen LogP contribution is 2.29. The second kappa shape index (κ2) is 9.04. The van der Waals surface area contributed by atoms with E-state index in [1.807, 2.05) is 30.3 Å². The molecule has 1 aromatic carbocycles. The number of hydrogen-bond acceptors (Lipinski definition) is 4. The molecule has 1 aromatic heterocycles. The number of carbonyl (C=O) groups is 2. The lowest BCUT2D eigenvalue weighted by molar-refractivity contribution is -0.130. The Balaban J connectivity index is 1.53. The molecule has 1 aliphatic rings. The highest BCUT2D eigenvalue weighted by Gasteiger charge is 2.30. The molecule has 3 rings (SSSR count). The van der Waals surface area contributed by atoms with Crippen LogP contribution in [0.1, 0.15) is 56.0 Å². The predicted octanol–water partition coefficient (Wildman–Crippen LogP) is 3.42. The number of nitrogens with zero attached hydrogens (tertiary/aromatic N) is 2. The number of benzene rings is 1. The molecule has 4 atom stereocenters. The average molecular weight is 383 g/mol. The SMILES string of the molecule is CC(OC(=O)c1cnn(Cc2ccccc2)c1)C(=O)NC1CCCC(C)C1C. The van der Waals surface area contributed by atoms with E-state index in [-0.39, 0.29) is 11.9 Å². The van der Waals surface area contributed by atoms with Gasteiger partial charge in [-0.3, -0.25) is 9.48 Å². The van der Waals surface area contributed by atoms with E-state index in [0.29, 0.717) is 23.9 Å². The first-order chi connectivity index (χ1) is 13.4. The van der Waals surface area contributed by atoms with Crippen molar-refractivity contribution in [1.29, 1.82) is 0 Å². The van der Waals surface area contributed by atoms with Crippen LogP contribution in [0, 0.1) is 11.8 Å². The van der Waals surface area contributed by atoms with E-state index in [9.17, 15) is 9.59 Å². The van der Waals surface area contributed by atoms with Crippen LogP contribution in [0.25, 0.3) is 0 Å². The molecule has 1 heterocycles. The van der Waals surface area contributed by atoms with Crippen LogP contribution in [0.15, 0.2) is 42.7 Å². The number of amides is 1. The van der Waals surface area contributed by atoms with Gasteiger partial charge >= 0.3 is 5.97 Å². The molecule has 0 spiro atoms. The van der Waals surface area contributed by atoms with E-state index in [0.717, 1.165) is 18.4 Å². The number of esters is 1. The molecule has 28 heavy (non-hydrogen) atoms. The Bertz CT molecular complexity index is 802. The minimum absolute atomic E-state index is 0.144. The van der Waals surface area contributed by atoms with E-state index >= 15 is 0 Å². The zero-order valence-corrected chi connectivity index (χ0v) is 16.8. The fraction of sp³-hybridized carbons (Fsp3) is 0.500. The van der Waals surface area contributed by atoms with Gasteiger partial charge in [-0.15, -0.1) is 0 Å². The second-order valence-corrected chi connectivity index (χ2v) is 7.84. The Labute approximate surface area is 166 Å². The van der Waals surface area contributed by atoms with Crippen molar-refractivity contribution in [3.8, 4) is 0 Å². The molecular formula is C22H29N3O3. The van der Waals surface area contributed by atoms with E-state index in [1.165, 1.54) is 12.6 Å². The van der Waals surface area contributed by atoms with E-state index in [1.54, 1.807) is 17.8 Å². The second-order valence-electron chi connectivity index (χ2n) is 7.84. The fourth-order valence-corrected chi connectivity index (χ4v) is 3.69. The van der Waals surface area contributed by atoms with E-state index in [2.05, 4.69) is 24.3 Å². The van der Waals surface area contributed by atoms with Crippen molar-refractivity contribution < 1.29 is 14.3 Å². The van der Waals surface area contributed by atoms with Crippen molar-refractivity contribution in [2.24, 2.45) is 11.8 Å². The Hall–Kier alpha value is -2.63. The van der Waals surface area contributed by atoms with Crippen LogP contribution in [0.2, 0.25) is 0 Å². The number of ether oxygens (including phenoxy) is 1. The number of aromatic nitrogens is 2. The van der Waals surface area contributed by atoms with Gasteiger partial charge in [-0.25, -0.2) is 4.79 Å². The first kappa shape index (κ1) is 20.1. The van der Waals surface area contributed by atoms with Crippen LogP contribution in [0.3, 0.4) is 0 Å². The van der Waals surface area contributed by atoms with Crippen molar-refractivity contribution >= 4 is 11.9 Å². The zero-order chi connectivity index (χ0) is 20.1. The molecule has 0 saturated heterocycles. The Morgan fingerprint density at radius 3 is 2.75 bits per heavy atom. The van der Waals surface area contributed by atoms with Crippen molar-refractivity contribution in [3.63, 3.8) is 0 Å². The topological polar surface area (TPSA) is 73.2 Å². The summed E-state index contributed by atoms with van der Waals surface area (Å²) < 4.78 is 7.04. The highest BCUT2D eigenvalue weighted by molar-refractivity contribution is 5.91. The monoisotopic (exact) mass is 383 g/mol. The summed E-state index contributed by atoms with van der Waals surface area (Å²) >= 11 is 0. The lowest BCUT2D eigenvalue weighted by atomic mass is 9.78. The minimum atomic E-state index is -0.839. The normalized spacial score (nSPS) is 23.0. The summed E-state index contributed by atoms with van der Waals surface area (Å²) in [7, 11) is 0. The van der Waals surface area contributed by atoms with Gasteiger partial charge in [0.05, 0.1) is 18.3 Å². The van der Waals surface area contributed by atoms with Crippen LogP contribution in [0.4, 0.5) is 0 Å².